The number of nitrogens with one attached hydrogen (secondary N) is 1. The molecule has 3 aromatic rings. The van der Waals surface area contributed by atoms with Crippen LogP contribution in [0.5, 0.6) is 5.75 Å². The van der Waals surface area contributed by atoms with Crippen LogP contribution in [0.15, 0.2) is 60.8 Å². The Labute approximate surface area is 162 Å². The van der Waals surface area contributed by atoms with Crippen molar-refractivity contribution in [1.29, 1.82) is 0 Å². The zero-order valence-electron chi connectivity index (χ0n) is 15.1. The molecule has 1 fully saturated rings. The zero-order chi connectivity index (χ0) is 18.6. The molecule has 138 valence electrons. The molecule has 1 unspecified atom stereocenters. The number of amides is 2. The minimum absolute atomic E-state index is 0.0331. The highest BCUT2D eigenvalue weighted by Gasteiger charge is 2.32. The summed E-state index contributed by atoms with van der Waals surface area (Å²) in [5.74, 6) is 0.767. The summed E-state index contributed by atoms with van der Waals surface area (Å²) in [6.07, 6.45) is 3.84. The number of likely N-dealkylation sites (tertiary alicyclic amines) is 1. The maximum atomic E-state index is 12.8. The van der Waals surface area contributed by atoms with E-state index in [1.54, 1.807) is 18.4 Å². The van der Waals surface area contributed by atoms with Crippen LogP contribution in [0.3, 0.4) is 0 Å². The smallest absolute Gasteiger partial charge is 0.322 e. The summed E-state index contributed by atoms with van der Waals surface area (Å²) in [6.45, 7) is 0.743. The van der Waals surface area contributed by atoms with E-state index in [1.165, 1.54) is 0 Å². The third-order valence-electron chi connectivity index (χ3n) is 4.72. The van der Waals surface area contributed by atoms with E-state index in [2.05, 4.69) is 22.4 Å². The van der Waals surface area contributed by atoms with Gasteiger partial charge in [-0.2, -0.15) is 0 Å². The maximum absolute atomic E-state index is 12.8. The lowest BCUT2D eigenvalue weighted by molar-refractivity contribution is 0.207. The second-order valence-corrected chi connectivity index (χ2v) is 7.50. The van der Waals surface area contributed by atoms with Crippen molar-refractivity contribution in [3.05, 3.63) is 65.8 Å². The third-order valence-corrected chi connectivity index (χ3v) is 5.87. The summed E-state index contributed by atoms with van der Waals surface area (Å²) in [5.41, 5.74) is 1.92. The summed E-state index contributed by atoms with van der Waals surface area (Å²) >= 11 is 1.67. The number of benzene rings is 2. The van der Waals surface area contributed by atoms with E-state index in [4.69, 9.17) is 4.74 Å². The molecule has 0 saturated carbocycles. The third kappa shape index (κ3) is 3.80. The fraction of sp³-hybridized carbons (Fsp3) is 0.238. The average molecular weight is 379 g/mol. The number of urea groups is 1. The number of carbonyl (C=O) groups excluding carboxylic acids is 1. The summed E-state index contributed by atoms with van der Waals surface area (Å²) in [5, 5.41) is 3.98. The van der Waals surface area contributed by atoms with Crippen LogP contribution in [0.2, 0.25) is 0 Å². The highest BCUT2D eigenvalue weighted by Crippen LogP contribution is 2.37. The van der Waals surface area contributed by atoms with Crippen LogP contribution in [-0.4, -0.2) is 29.6 Å². The van der Waals surface area contributed by atoms with E-state index < -0.39 is 0 Å². The van der Waals surface area contributed by atoms with Crippen LogP contribution in [0.1, 0.15) is 23.9 Å². The second kappa shape index (κ2) is 7.80. The molecule has 1 atom stereocenters. The Balaban J connectivity index is 1.48. The molecule has 4 rings (SSSR count). The number of thiazole rings is 1. The molecule has 0 aliphatic carbocycles. The van der Waals surface area contributed by atoms with Gasteiger partial charge < -0.3 is 15.0 Å². The largest absolute Gasteiger partial charge is 0.497 e. The maximum Gasteiger partial charge on any atom is 0.322 e. The van der Waals surface area contributed by atoms with Crippen molar-refractivity contribution < 1.29 is 9.53 Å². The Hall–Kier alpha value is -2.86. The lowest BCUT2D eigenvalue weighted by atomic mass is 10.2. The number of carbonyl (C=O) groups is 1. The molecule has 5 nitrogen and oxygen atoms in total. The molecule has 6 heteroatoms. The lowest BCUT2D eigenvalue weighted by Crippen LogP contribution is -2.34. The summed E-state index contributed by atoms with van der Waals surface area (Å²) in [4.78, 5) is 20.4. The van der Waals surface area contributed by atoms with E-state index in [9.17, 15) is 4.79 Å². The molecular formula is C21H21N3O2S. The number of ether oxygens (including phenoxy) is 1. The van der Waals surface area contributed by atoms with Gasteiger partial charge in [0.25, 0.3) is 0 Å². The van der Waals surface area contributed by atoms with Crippen molar-refractivity contribution in [2.24, 2.45) is 0 Å². The molecular weight excluding hydrogens is 358 g/mol. The molecule has 1 N–H and O–H groups in total. The minimum Gasteiger partial charge on any atom is -0.497 e. The fourth-order valence-corrected chi connectivity index (χ4v) is 4.38. The minimum atomic E-state index is -0.0841. The quantitative estimate of drug-likeness (QED) is 0.679. The number of methoxy groups -OCH3 is 1. The van der Waals surface area contributed by atoms with Crippen molar-refractivity contribution in [1.82, 2.24) is 9.88 Å². The predicted molar refractivity (Wildman–Crippen MR) is 108 cm³/mol. The van der Waals surface area contributed by atoms with Crippen LogP contribution >= 0.6 is 11.3 Å². The monoisotopic (exact) mass is 379 g/mol. The van der Waals surface area contributed by atoms with Gasteiger partial charge in [-0.25, -0.2) is 9.78 Å². The average Bonchev–Trinajstić information content (AvgIpc) is 3.38. The van der Waals surface area contributed by atoms with Gasteiger partial charge in [-0.1, -0.05) is 30.3 Å². The number of hydrogen-bond acceptors (Lipinski definition) is 4. The molecule has 2 amide bonds. The van der Waals surface area contributed by atoms with Gasteiger partial charge in [0.1, 0.15) is 10.8 Å². The van der Waals surface area contributed by atoms with E-state index >= 15 is 0 Å². The molecule has 0 radical (unpaired) electrons. The van der Waals surface area contributed by atoms with Crippen molar-refractivity contribution in [3.63, 3.8) is 0 Å². The summed E-state index contributed by atoms with van der Waals surface area (Å²) in [6, 6.07) is 17.5. The Morgan fingerprint density at radius 3 is 2.70 bits per heavy atom. The molecule has 2 heterocycles. The van der Waals surface area contributed by atoms with Crippen LogP contribution in [-0.2, 0) is 0 Å². The van der Waals surface area contributed by atoms with Crippen LogP contribution in [0, 0.1) is 0 Å². The summed E-state index contributed by atoms with van der Waals surface area (Å²) < 4.78 is 5.16. The Bertz CT molecular complexity index is 909. The zero-order valence-corrected chi connectivity index (χ0v) is 15.9. The van der Waals surface area contributed by atoms with Crippen LogP contribution in [0.25, 0.3) is 10.4 Å². The first kappa shape index (κ1) is 17.5. The number of nitrogens with zero attached hydrogens (tertiary/aromatic N) is 2. The van der Waals surface area contributed by atoms with Crippen LogP contribution in [0.4, 0.5) is 10.5 Å². The first-order valence-electron chi connectivity index (χ1n) is 8.97. The van der Waals surface area contributed by atoms with Crippen molar-refractivity contribution >= 4 is 23.1 Å². The second-order valence-electron chi connectivity index (χ2n) is 6.44. The molecule has 27 heavy (non-hydrogen) atoms. The Morgan fingerprint density at radius 2 is 1.96 bits per heavy atom. The predicted octanol–water partition coefficient (Wildman–Crippen LogP) is 5.19. The molecule has 1 aliphatic rings. The molecule has 1 saturated heterocycles. The van der Waals surface area contributed by atoms with Gasteiger partial charge in [0.2, 0.25) is 0 Å². The highest BCUT2D eigenvalue weighted by molar-refractivity contribution is 7.15. The van der Waals surface area contributed by atoms with Crippen molar-refractivity contribution in [2.75, 3.05) is 19.0 Å². The van der Waals surface area contributed by atoms with Crippen molar-refractivity contribution in [3.8, 4) is 16.2 Å². The Kier molecular flexibility index (Phi) is 5.07. The first-order valence-corrected chi connectivity index (χ1v) is 9.79. The Morgan fingerprint density at radius 1 is 1.19 bits per heavy atom. The fourth-order valence-electron chi connectivity index (χ4n) is 3.31. The number of rotatable bonds is 4. The van der Waals surface area contributed by atoms with Gasteiger partial charge in [0.05, 0.1) is 18.0 Å². The van der Waals surface area contributed by atoms with Crippen LogP contribution < -0.4 is 10.1 Å². The van der Waals surface area contributed by atoms with Gasteiger partial charge in [0.15, 0.2) is 0 Å². The van der Waals surface area contributed by atoms with E-state index in [1.807, 2.05) is 53.6 Å². The van der Waals surface area contributed by atoms with Gasteiger partial charge >= 0.3 is 6.03 Å². The molecule has 0 bridgehead atoms. The first-order chi connectivity index (χ1) is 13.2. The van der Waals surface area contributed by atoms with Gasteiger partial charge in [-0.3, -0.25) is 0 Å². The molecule has 2 aromatic carbocycles. The number of aromatic nitrogens is 1. The number of hydrogen-bond donors (Lipinski definition) is 1. The molecule has 1 aromatic heterocycles. The van der Waals surface area contributed by atoms with E-state index in [0.717, 1.165) is 46.3 Å². The summed E-state index contributed by atoms with van der Waals surface area (Å²) in [7, 11) is 1.63. The van der Waals surface area contributed by atoms with E-state index in [-0.39, 0.29) is 12.1 Å². The van der Waals surface area contributed by atoms with Crippen molar-refractivity contribution in [2.45, 2.75) is 18.9 Å². The van der Waals surface area contributed by atoms with E-state index in [0.29, 0.717) is 0 Å². The highest BCUT2D eigenvalue weighted by atomic mass is 32.1. The number of anilines is 1. The molecule has 0 spiro atoms. The SMILES string of the molecule is COc1ccc(NC(=O)N2CCCC2c2ncc(-c3ccccc3)s2)cc1. The standard InChI is InChI=1S/C21H21N3O2S/c1-26-17-11-9-16(10-12-17)23-21(25)24-13-5-8-18(24)20-22-14-19(27-20)15-6-3-2-4-7-15/h2-4,6-7,9-12,14,18H,5,8,13H2,1H3,(H,23,25). The van der Waals surface area contributed by atoms with Gasteiger partial charge in [0, 0.05) is 18.4 Å². The lowest BCUT2D eigenvalue weighted by Gasteiger charge is -2.23. The van der Waals surface area contributed by atoms with Gasteiger partial charge in [-0.15, -0.1) is 11.3 Å². The topological polar surface area (TPSA) is 54.5 Å². The molecule has 1 aliphatic heterocycles. The van der Waals surface area contributed by atoms with Gasteiger partial charge in [-0.05, 0) is 42.7 Å². The normalized spacial score (nSPS) is 16.3.